The van der Waals surface area contributed by atoms with Gasteiger partial charge in [-0.15, -0.1) is 0 Å². The fraction of sp³-hybridized carbons (Fsp3) is 0.163. The molecule has 0 bridgehead atoms. The Labute approximate surface area is 370 Å². The molecule has 1 aliphatic carbocycles. The number of nitrogens with two attached hydrogens (primary N) is 1. The number of halogens is 7. The third kappa shape index (κ3) is 11.8. The summed E-state index contributed by atoms with van der Waals surface area (Å²) in [5.74, 6) is -0.595. The van der Waals surface area contributed by atoms with E-state index in [1.165, 1.54) is 57.1 Å². The van der Waals surface area contributed by atoms with Crippen molar-refractivity contribution in [1.82, 2.24) is 30.6 Å². The smallest absolute Gasteiger partial charge is 0.399 e. The van der Waals surface area contributed by atoms with Gasteiger partial charge in [0, 0.05) is 74.9 Å². The van der Waals surface area contributed by atoms with Crippen LogP contribution in [0.5, 0.6) is 0 Å². The molecule has 6 aromatic rings. The van der Waals surface area contributed by atoms with E-state index in [9.17, 15) is 45.5 Å². The molecular weight excluding hydrogens is 884 g/mol. The Morgan fingerprint density at radius 3 is 1.80 bits per heavy atom. The van der Waals surface area contributed by atoms with Gasteiger partial charge < -0.3 is 37.6 Å². The summed E-state index contributed by atoms with van der Waals surface area (Å²) in [5, 5.41) is 15.6. The first-order valence-corrected chi connectivity index (χ1v) is 19.5. The average molecular weight is 920 g/mol. The molecule has 22 heteroatoms. The minimum absolute atomic E-state index is 0.0469. The number of hydrogen-bond acceptors (Lipinski definition) is 12. The average Bonchev–Trinajstić information content (AvgIpc) is 3.82. The van der Waals surface area contributed by atoms with Crippen LogP contribution < -0.4 is 37.6 Å². The SMILES string of the molecule is CNC(=O)c1ccncc1Nc1cc(Cl)ncc1C(F)(F)F.CNC(=O)c1ccncc1Nc1cc(Nc2ccc3c(c2)CC(=O)C3)ncc1C(F)(F)F.Nc1ccc2c(c1)CC(=O)N2. The van der Waals surface area contributed by atoms with Crippen LogP contribution in [0.15, 0.2) is 97.8 Å². The first kappa shape index (κ1) is 46.7. The van der Waals surface area contributed by atoms with E-state index in [1.807, 2.05) is 18.2 Å². The van der Waals surface area contributed by atoms with Crippen molar-refractivity contribution in [3.63, 3.8) is 0 Å². The number of aromatic nitrogens is 4. The number of alkyl halides is 6. The van der Waals surface area contributed by atoms with E-state index in [1.54, 1.807) is 18.2 Å². The maximum atomic E-state index is 13.6. The number of nitrogens with zero attached hydrogens (tertiary/aromatic N) is 4. The molecule has 0 saturated carbocycles. The molecule has 1 aliphatic heterocycles. The van der Waals surface area contributed by atoms with Gasteiger partial charge in [0.15, 0.2) is 0 Å². The lowest BCUT2D eigenvalue weighted by molar-refractivity contribution is -0.138. The van der Waals surface area contributed by atoms with Crippen LogP contribution in [0.3, 0.4) is 0 Å². The Hall–Kier alpha value is -7.81. The molecule has 336 valence electrons. The molecule has 0 unspecified atom stereocenters. The number of carbonyl (C=O) groups excluding carboxylic acids is 4. The van der Waals surface area contributed by atoms with Crippen LogP contribution in [-0.2, 0) is 41.2 Å². The number of anilines is 8. The van der Waals surface area contributed by atoms with Crippen molar-refractivity contribution in [3.8, 4) is 0 Å². The third-order valence-electron chi connectivity index (χ3n) is 9.52. The minimum Gasteiger partial charge on any atom is -0.399 e. The number of rotatable bonds is 8. The van der Waals surface area contributed by atoms with Crippen molar-refractivity contribution < 1.29 is 45.5 Å². The predicted molar refractivity (Wildman–Crippen MR) is 231 cm³/mol. The molecule has 15 nitrogen and oxygen atoms in total. The summed E-state index contributed by atoms with van der Waals surface area (Å²) in [6.45, 7) is 0. The predicted octanol–water partition coefficient (Wildman–Crippen LogP) is 8.03. The number of carbonyl (C=O) groups is 4. The molecule has 2 aromatic carbocycles. The van der Waals surface area contributed by atoms with Crippen molar-refractivity contribution in [1.29, 1.82) is 0 Å². The number of nitrogens with one attached hydrogen (secondary N) is 6. The van der Waals surface area contributed by atoms with Gasteiger partial charge in [-0.25, -0.2) is 9.97 Å². The van der Waals surface area contributed by atoms with E-state index < -0.39 is 35.3 Å². The number of nitrogen functional groups attached to an aromatic ring is 1. The molecule has 65 heavy (non-hydrogen) atoms. The summed E-state index contributed by atoms with van der Waals surface area (Å²) in [6, 6.07) is 15.8. The quantitative estimate of drug-likeness (QED) is 0.0439. The van der Waals surface area contributed by atoms with Gasteiger partial charge >= 0.3 is 12.4 Å². The highest BCUT2D eigenvalue weighted by Gasteiger charge is 2.36. The number of hydrogen-bond donors (Lipinski definition) is 7. The van der Waals surface area contributed by atoms with Crippen LogP contribution in [-0.4, -0.2) is 57.5 Å². The first-order chi connectivity index (χ1) is 30.8. The zero-order chi connectivity index (χ0) is 47.1. The summed E-state index contributed by atoms with van der Waals surface area (Å²) in [7, 11) is 2.84. The number of benzene rings is 2. The van der Waals surface area contributed by atoms with Crippen LogP contribution in [0, 0.1) is 0 Å². The summed E-state index contributed by atoms with van der Waals surface area (Å²) >= 11 is 5.65. The highest BCUT2D eigenvalue weighted by molar-refractivity contribution is 6.29. The van der Waals surface area contributed by atoms with Gasteiger partial charge in [-0.3, -0.25) is 29.1 Å². The summed E-state index contributed by atoms with van der Waals surface area (Å²) in [4.78, 5) is 61.3. The van der Waals surface area contributed by atoms with Gasteiger partial charge in [0.05, 0.1) is 63.8 Å². The molecular formula is C43H36ClF6N11O4. The number of ketones is 1. The molecule has 0 spiro atoms. The van der Waals surface area contributed by atoms with Gasteiger partial charge in [-0.2, -0.15) is 26.3 Å². The zero-order valence-electron chi connectivity index (χ0n) is 34.0. The van der Waals surface area contributed by atoms with E-state index >= 15 is 0 Å². The lowest BCUT2D eigenvalue weighted by Crippen LogP contribution is -2.19. The number of fused-ring (bicyclic) bond motifs is 2. The van der Waals surface area contributed by atoms with E-state index in [0.29, 0.717) is 36.8 Å². The zero-order valence-corrected chi connectivity index (χ0v) is 34.8. The second kappa shape index (κ2) is 19.7. The Kier molecular flexibility index (Phi) is 14.2. The fourth-order valence-corrected chi connectivity index (χ4v) is 6.64. The standard InChI is InChI=1S/C22H18F3N5O2.C13H10ClF3N4O.C8H8N2O/c1-26-21(32)16-4-5-27-11-19(16)30-18-9-20(28-10-17(18)22(23,24)25)29-14-3-2-12-7-15(31)8-13(12)6-14;1-18-12(22)7-2-3-19-6-10(7)21-9-4-11(14)20-5-8(9)13(15,16)17;9-6-1-2-7-5(3-6)4-8(11)10-7/h2-6,9-11H,7-8H2,1H3,(H,26,32)(H2,28,29,30);2-6H,1H3,(H,18,22)(H,20,21);1-3H,4,9H2,(H,10,11). The van der Waals surface area contributed by atoms with E-state index in [-0.39, 0.29) is 56.5 Å². The molecule has 5 heterocycles. The van der Waals surface area contributed by atoms with Gasteiger partial charge in [0.2, 0.25) is 5.91 Å². The van der Waals surface area contributed by atoms with Crippen LogP contribution in [0.4, 0.5) is 72.0 Å². The second-order valence-electron chi connectivity index (χ2n) is 14.1. The van der Waals surface area contributed by atoms with Crippen molar-refractivity contribution >= 4 is 80.7 Å². The molecule has 8 N–H and O–H groups in total. The first-order valence-electron chi connectivity index (χ1n) is 19.1. The summed E-state index contributed by atoms with van der Waals surface area (Å²) in [6.07, 6.45) is -1.50. The highest BCUT2D eigenvalue weighted by Crippen LogP contribution is 2.39. The maximum Gasteiger partial charge on any atom is 0.419 e. The van der Waals surface area contributed by atoms with Gasteiger partial charge in [0.25, 0.3) is 11.8 Å². The van der Waals surface area contributed by atoms with Crippen LogP contribution in [0.2, 0.25) is 5.15 Å². The number of Topliss-reactive ketones (excluding diaryl/α,β-unsaturated/α-hetero) is 1. The second-order valence-corrected chi connectivity index (χ2v) is 14.4. The molecule has 0 saturated heterocycles. The van der Waals surface area contributed by atoms with E-state index in [4.69, 9.17) is 17.3 Å². The van der Waals surface area contributed by atoms with Crippen molar-refractivity contribution in [3.05, 3.63) is 142 Å². The van der Waals surface area contributed by atoms with Gasteiger partial charge in [-0.1, -0.05) is 17.7 Å². The van der Waals surface area contributed by atoms with Crippen LogP contribution >= 0.6 is 11.6 Å². The molecule has 0 radical (unpaired) electrons. The van der Waals surface area contributed by atoms with Gasteiger partial charge in [0.1, 0.15) is 16.8 Å². The summed E-state index contributed by atoms with van der Waals surface area (Å²) < 4.78 is 79.8. The lowest BCUT2D eigenvalue weighted by Gasteiger charge is -2.17. The number of amides is 3. The van der Waals surface area contributed by atoms with Gasteiger partial charge in [-0.05, 0) is 65.2 Å². The Morgan fingerprint density at radius 2 is 1.22 bits per heavy atom. The van der Waals surface area contributed by atoms with Crippen LogP contribution in [0.1, 0.15) is 48.5 Å². The monoisotopic (exact) mass is 919 g/mol. The van der Waals surface area contributed by atoms with Crippen molar-refractivity contribution in [2.75, 3.05) is 41.1 Å². The Morgan fingerprint density at radius 1 is 0.646 bits per heavy atom. The maximum absolute atomic E-state index is 13.6. The molecule has 0 fully saturated rings. The Bertz CT molecular complexity index is 2790. The Balaban J connectivity index is 0.000000182. The van der Waals surface area contributed by atoms with Crippen molar-refractivity contribution in [2.45, 2.75) is 31.6 Å². The fourth-order valence-electron chi connectivity index (χ4n) is 6.48. The van der Waals surface area contributed by atoms with E-state index in [0.717, 1.165) is 34.6 Å². The molecule has 0 atom stereocenters. The molecule has 8 rings (SSSR count). The largest absolute Gasteiger partial charge is 0.419 e. The normalized spacial score (nSPS) is 12.6. The lowest BCUT2D eigenvalue weighted by atomic mass is 10.1. The number of pyridine rings is 4. The highest BCUT2D eigenvalue weighted by atomic mass is 35.5. The molecule has 3 amide bonds. The molecule has 4 aromatic heterocycles. The summed E-state index contributed by atoms with van der Waals surface area (Å²) in [5.41, 5.74) is 8.51. The molecule has 2 aliphatic rings. The third-order valence-corrected chi connectivity index (χ3v) is 9.72. The van der Waals surface area contributed by atoms with E-state index in [2.05, 4.69) is 51.8 Å². The minimum atomic E-state index is -4.67. The van der Waals surface area contributed by atoms with Crippen LogP contribution in [0.25, 0.3) is 0 Å². The topological polar surface area (TPSA) is 218 Å². The van der Waals surface area contributed by atoms with Crippen molar-refractivity contribution in [2.24, 2.45) is 0 Å².